The second kappa shape index (κ2) is 3.18. The zero-order valence-corrected chi connectivity index (χ0v) is 7.34. The highest BCUT2D eigenvalue weighted by Gasteiger charge is 2.39. The lowest BCUT2D eigenvalue weighted by Gasteiger charge is -1.99. The molecular formula is C10H11NO2. The van der Waals surface area contributed by atoms with Crippen molar-refractivity contribution < 1.29 is 9.94 Å². The average Bonchev–Trinajstić information content (AvgIpc) is 2.86. The molecule has 0 aliphatic carbocycles. The van der Waals surface area contributed by atoms with Crippen LogP contribution in [0.3, 0.4) is 0 Å². The minimum absolute atomic E-state index is 0.0348. The van der Waals surface area contributed by atoms with Gasteiger partial charge in [0.25, 0.3) is 0 Å². The zero-order valence-electron chi connectivity index (χ0n) is 7.34. The summed E-state index contributed by atoms with van der Waals surface area (Å²) >= 11 is 0. The summed E-state index contributed by atoms with van der Waals surface area (Å²) in [5.41, 5.74) is 1.53. The van der Waals surface area contributed by atoms with Crippen LogP contribution in [0, 0.1) is 0 Å². The van der Waals surface area contributed by atoms with E-state index in [9.17, 15) is 0 Å². The Labute approximate surface area is 76.6 Å². The maximum atomic E-state index is 8.82. The van der Waals surface area contributed by atoms with E-state index in [0.717, 1.165) is 5.56 Å². The van der Waals surface area contributed by atoms with Crippen LogP contribution in [0.15, 0.2) is 35.5 Å². The van der Waals surface area contributed by atoms with Crippen molar-refractivity contribution in [2.75, 3.05) is 0 Å². The van der Waals surface area contributed by atoms with Gasteiger partial charge in [0.1, 0.15) is 11.8 Å². The second-order valence-electron chi connectivity index (χ2n) is 3.11. The lowest BCUT2D eigenvalue weighted by Crippen LogP contribution is -2.10. The average molecular weight is 177 g/mol. The number of ether oxygens (including phenoxy) is 1. The van der Waals surface area contributed by atoms with Gasteiger partial charge in [0.2, 0.25) is 0 Å². The van der Waals surface area contributed by atoms with Crippen LogP contribution in [0.2, 0.25) is 0 Å². The van der Waals surface area contributed by atoms with E-state index >= 15 is 0 Å². The lowest BCUT2D eigenvalue weighted by molar-refractivity contribution is 0.315. The Balaban J connectivity index is 2.24. The van der Waals surface area contributed by atoms with Gasteiger partial charge in [0.15, 0.2) is 0 Å². The van der Waals surface area contributed by atoms with Gasteiger partial charge >= 0.3 is 0 Å². The highest BCUT2D eigenvalue weighted by Crippen LogP contribution is 2.25. The third kappa shape index (κ3) is 1.55. The third-order valence-electron chi connectivity index (χ3n) is 2.16. The van der Waals surface area contributed by atoms with Gasteiger partial charge in [-0.25, -0.2) is 0 Å². The summed E-state index contributed by atoms with van der Waals surface area (Å²) < 4.78 is 5.23. The zero-order chi connectivity index (χ0) is 9.26. The molecular weight excluding hydrogens is 166 g/mol. The highest BCUT2D eigenvalue weighted by atomic mass is 16.6. The molecule has 1 aromatic rings. The smallest absolute Gasteiger partial charge is 0.130 e. The Hall–Kier alpha value is -1.35. The molecule has 2 unspecified atom stereocenters. The van der Waals surface area contributed by atoms with Crippen molar-refractivity contribution in [2.24, 2.45) is 5.16 Å². The van der Waals surface area contributed by atoms with Crippen molar-refractivity contribution in [2.45, 2.75) is 19.1 Å². The summed E-state index contributed by atoms with van der Waals surface area (Å²) in [5.74, 6) is 0. The molecule has 1 saturated heterocycles. The molecule has 0 amide bonds. The molecule has 0 radical (unpaired) electrons. The van der Waals surface area contributed by atoms with E-state index in [2.05, 4.69) is 5.16 Å². The Morgan fingerprint density at radius 2 is 2.00 bits per heavy atom. The number of rotatable bonds is 2. The van der Waals surface area contributed by atoms with Gasteiger partial charge in [-0.2, -0.15) is 0 Å². The van der Waals surface area contributed by atoms with Crippen molar-refractivity contribution in [1.29, 1.82) is 0 Å². The fourth-order valence-electron chi connectivity index (χ4n) is 1.36. The summed E-state index contributed by atoms with van der Waals surface area (Å²) in [6.07, 6.45) is 0.138. The quantitative estimate of drug-likeness (QED) is 0.323. The molecule has 2 atom stereocenters. The number of oxime groups is 1. The van der Waals surface area contributed by atoms with E-state index in [-0.39, 0.29) is 12.2 Å². The Kier molecular flexibility index (Phi) is 2.02. The predicted molar refractivity (Wildman–Crippen MR) is 49.1 cm³/mol. The fraction of sp³-hybridized carbons (Fsp3) is 0.300. The van der Waals surface area contributed by atoms with Gasteiger partial charge in [-0.3, -0.25) is 0 Å². The highest BCUT2D eigenvalue weighted by molar-refractivity contribution is 6.05. The number of epoxide rings is 1. The van der Waals surface area contributed by atoms with Crippen LogP contribution in [0.25, 0.3) is 0 Å². The van der Waals surface area contributed by atoms with Crippen molar-refractivity contribution in [3.8, 4) is 0 Å². The Morgan fingerprint density at radius 1 is 1.38 bits per heavy atom. The van der Waals surface area contributed by atoms with Gasteiger partial charge in [-0.15, -0.1) is 0 Å². The lowest BCUT2D eigenvalue weighted by atomic mass is 10.1. The molecule has 1 aromatic carbocycles. The number of benzene rings is 1. The maximum absolute atomic E-state index is 8.82. The van der Waals surface area contributed by atoms with E-state index in [1.54, 1.807) is 0 Å². The second-order valence-corrected chi connectivity index (χ2v) is 3.11. The minimum atomic E-state index is -0.0348. The first-order valence-electron chi connectivity index (χ1n) is 4.26. The molecule has 1 aliphatic heterocycles. The first-order chi connectivity index (χ1) is 6.33. The van der Waals surface area contributed by atoms with E-state index < -0.39 is 0 Å². The number of nitrogens with zero attached hydrogens (tertiary/aromatic N) is 1. The summed E-state index contributed by atoms with van der Waals surface area (Å²) in [5, 5.41) is 12.1. The third-order valence-corrected chi connectivity index (χ3v) is 2.16. The van der Waals surface area contributed by atoms with Gasteiger partial charge in [-0.1, -0.05) is 35.5 Å². The number of hydrogen-bond acceptors (Lipinski definition) is 3. The molecule has 3 heteroatoms. The van der Waals surface area contributed by atoms with E-state index in [1.165, 1.54) is 0 Å². The molecule has 1 heterocycles. The topological polar surface area (TPSA) is 45.1 Å². The molecule has 13 heavy (non-hydrogen) atoms. The van der Waals surface area contributed by atoms with Crippen LogP contribution in [0.4, 0.5) is 0 Å². The van der Waals surface area contributed by atoms with Crippen molar-refractivity contribution in [3.63, 3.8) is 0 Å². The molecule has 1 aliphatic rings. The van der Waals surface area contributed by atoms with Gasteiger partial charge < -0.3 is 9.94 Å². The van der Waals surface area contributed by atoms with Crippen LogP contribution in [0.5, 0.6) is 0 Å². The van der Waals surface area contributed by atoms with E-state index in [1.807, 2.05) is 37.3 Å². The molecule has 0 spiro atoms. The normalized spacial score (nSPS) is 27.3. The fourth-order valence-corrected chi connectivity index (χ4v) is 1.36. The van der Waals surface area contributed by atoms with Crippen LogP contribution in [-0.4, -0.2) is 23.1 Å². The summed E-state index contributed by atoms with van der Waals surface area (Å²) in [4.78, 5) is 0. The largest absolute Gasteiger partial charge is 0.411 e. The standard InChI is InChI=1S/C10H11NO2/c1-7-10(13-7)9(11-12)8-5-3-2-4-6-8/h2-7,10,12H,1H3/b11-9+. The molecule has 0 bridgehead atoms. The van der Waals surface area contributed by atoms with Crippen molar-refractivity contribution in [3.05, 3.63) is 35.9 Å². The maximum Gasteiger partial charge on any atom is 0.130 e. The Bertz CT molecular complexity index is 321. The molecule has 3 nitrogen and oxygen atoms in total. The molecule has 68 valence electrons. The minimum Gasteiger partial charge on any atom is -0.411 e. The predicted octanol–water partition coefficient (Wildman–Crippen LogP) is 1.65. The van der Waals surface area contributed by atoms with E-state index in [0.29, 0.717) is 5.71 Å². The van der Waals surface area contributed by atoms with Gasteiger partial charge in [0, 0.05) is 5.56 Å². The van der Waals surface area contributed by atoms with Gasteiger partial charge in [-0.05, 0) is 6.92 Å². The number of hydrogen-bond donors (Lipinski definition) is 1. The van der Waals surface area contributed by atoms with E-state index in [4.69, 9.17) is 9.94 Å². The molecule has 1 N–H and O–H groups in total. The molecule has 0 aromatic heterocycles. The van der Waals surface area contributed by atoms with Crippen LogP contribution in [-0.2, 0) is 4.74 Å². The molecule has 2 rings (SSSR count). The van der Waals surface area contributed by atoms with Crippen molar-refractivity contribution in [1.82, 2.24) is 0 Å². The SMILES string of the molecule is CC1OC1/C(=N/O)c1ccccc1. The molecule has 0 saturated carbocycles. The first-order valence-corrected chi connectivity index (χ1v) is 4.26. The van der Waals surface area contributed by atoms with Crippen LogP contribution >= 0.6 is 0 Å². The summed E-state index contributed by atoms with van der Waals surface area (Å²) in [7, 11) is 0. The van der Waals surface area contributed by atoms with Crippen LogP contribution < -0.4 is 0 Å². The van der Waals surface area contributed by atoms with Gasteiger partial charge in [0.05, 0.1) is 6.10 Å². The summed E-state index contributed by atoms with van der Waals surface area (Å²) in [6.45, 7) is 1.96. The molecule has 1 fully saturated rings. The summed E-state index contributed by atoms with van der Waals surface area (Å²) in [6, 6.07) is 9.56. The van der Waals surface area contributed by atoms with Crippen LogP contribution in [0.1, 0.15) is 12.5 Å². The Morgan fingerprint density at radius 3 is 2.46 bits per heavy atom. The first kappa shape index (κ1) is 8.26. The van der Waals surface area contributed by atoms with Crippen molar-refractivity contribution >= 4 is 5.71 Å². The monoisotopic (exact) mass is 177 g/mol.